The molecule has 1 aromatic carbocycles. The van der Waals surface area contributed by atoms with Crippen LogP contribution < -0.4 is 10.2 Å². The first-order valence-corrected chi connectivity index (χ1v) is 13.6. The molecule has 4 aromatic rings. The van der Waals surface area contributed by atoms with Gasteiger partial charge in [-0.05, 0) is 56.2 Å². The summed E-state index contributed by atoms with van der Waals surface area (Å²) >= 11 is 0. The number of fused-ring (bicyclic) bond motifs is 1. The zero-order valence-electron chi connectivity index (χ0n) is 23.6. The number of nitrogens with zero attached hydrogens (tertiary/aromatic N) is 6. The largest absolute Gasteiger partial charge is 0.434 e. The first-order valence-electron chi connectivity index (χ1n) is 13.6. The van der Waals surface area contributed by atoms with E-state index in [1.54, 1.807) is 24.3 Å². The number of rotatable bonds is 6. The molecule has 1 saturated heterocycles. The Balaban J connectivity index is 1.21. The summed E-state index contributed by atoms with van der Waals surface area (Å²) in [6.07, 6.45) is -2.05. The number of benzene rings is 1. The summed E-state index contributed by atoms with van der Waals surface area (Å²) in [5.41, 5.74) is 2.84. The van der Waals surface area contributed by atoms with Gasteiger partial charge >= 0.3 is 6.18 Å². The van der Waals surface area contributed by atoms with Crippen molar-refractivity contribution in [2.45, 2.75) is 51.9 Å². The number of nitriles is 1. The molecular weight excluding hydrogens is 547 g/mol. The van der Waals surface area contributed by atoms with Gasteiger partial charge in [0.25, 0.3) is 0 Å². The van der Waals surface area contributed by atoms with E-state index in [-0.39, 0.29) is 30.5 Å². The molecule has 1 fully saturated rings. The van der Waals surface area contributed by atoms with Gasteiger partial charge in [-0.3, -0.25) is 9.69 Å². The molecule has 1 aliphatic heterocycles. The number of nitrogens with one attached hydrogen (secondary N) is 1. The molecule has 42 heavy (non-hydrogen) atoms. The number of alkyl halides is 3. The van der Waals surface area contributed by atoms with E-state index < -0.39 is 11.7 Å². The van der Waals surface area contributed by atoms with Gasteiger partial charge in [0.15, 0.2) is 5.58 Å². The molecule has 1 N–H and O–H groups in total. The average Bonchev–Trinajstić information content (AvgIpc) is 3.38. The van der Waals surface area contributed by atoms with Crippen LogP contribution in [0.4, 0.5) is 24.7 Å². The number of amides is 1. The van der Waals surface area contributed by atoms with Gasteiger partial charge in [-0.25, -0.2) is 15.0 Å². The van der Waals surface area contributed by atoms with Crippen LogP contribution in [0.1, 0.15) is 50.3 Å². The van der Waals surface area contributed by atoms with Crippen LogP contribution in [-0.4, -0.2) is 57.5 Å². The maximum atomic E-state index is 12.9. The van der Waals surface area contributed by atoms with Crippen LogP contribution in [0.3, 0.4) is 0 Å². The minimum Gasteiger partial charge on any atom is -0.434 e. The Kier molecular flexibility index (Phi) is 7.88. The third-order valence-corrected chi connectivity index (χ3v) is 7.37. The monoisotopic (exact) mass is 577 g/mol. The van der Waals surface area contributed by atoms with Crippen LogP contribution in [-0.2, 0) is 11.0 Å². The minimum atomic E-state index is -4.43. The van der Waals surface area contributed by atoms with Gasteiger partial charge in [-0.1, -0.05) is 13.8 Å². The van der Waals surface area contributed by atoms with Crippen molar-refractivity contribution in [1.29, 1.82) is 5.26 Å². The van der Waals surface area contributed by atoms with Gasteiger partial charge in [0.1, 0.15) is 17.0 Å². The number of carbonyl (C=O) groups excluding carboxylic acids is 1. The first kappa shape index (κ1) is 29.0. The van der Waals surface area contributed by atoms with Crippen molar-refractivity contribution in [3.05, 3.63) is 65.5 Å². The highest BCUT2D eigenvalue weighted by molar-refractivity contribution is 5.92. The summed E-state index contributed by atoms with van der Waals surface area (Å²) in [7, 11) is 0. The molecule has 2 atom stereocenters. The molecule has 3 aromatic heterocycles. The van der Waals surface area contributed by atoms with E-state index in [0.717, 1.165) is 17.8 Å². The second kappa shape index (κ2) is 11.4. The van der Waals surface area contributed by atoms with E-state index in [0.29, 0.717) is 52.8 Å². The zero-order chi connectivity index (χ0) is 30.2. The number of anilines is 2. The zero-order valence-corrected chi connectivity index (χ0v) is 23.6. The van der Waals surface area contributed by atoms with Crippen molar-refractivity contribution in [3.8, 4) is 17.7 Å². The maximum absolute atomic E-state index is 12.9. The van der Waals surface area contributed by atoms with Crippen molar-refractivity contribution in [2.75, 3.05) is 29.9 Å². The van der Waals surface area contributed by atoms with Gasteiger partial charge in [0.05, 0.1) is 35.6 Å². The normalized spacial score (nSPS) is 17.9. The number of pyridine rings is 2. The number of hydrogen-bond donors (Lipinski definition) is 1. The maximum Gasteiger partial charge on any atom is 0.417 e. The van der Waals surface area contributed by atoms with E-state index in [4.69, 9.17) is 4.42 Å². The number of carbonyl (C=O) groups is 1. The summed E-state index contributed by atoms with van der Waals surface area (Å²) < 4.78 is 44.7. The van der Waals surface area contributed by atoms with Crippen LogP contribution in [0, 0.1) is 11.3 Å². The molecule has 218 valence electrons. The molecule has 0 aliphatic carbocycles. The van der Waals surface area contributed by atoms with Gasteiger partial charge < -0.3 is 14.6 Å². The average molecular weight is 578 g/mol. The molecule has 1 aliphatic rings. The van der Waals surface area contributed by atoms with Crippen molar-refractivity contribution < 1.29 is 22.4 Å². The highest BCUT2D eigenvalue weighted by atomic mass is 19.4. The Bertz CT molecular complexity index is 1630. The first-order chi connectivity index (χ1) is 19.9. The van der Waals surface area contributed by atoms with Gasteiger partial charge in [-0.2, -0.15) is 18.4 Å². The van der Waals surface area contributed by atoms with E-state index in [1.165, 1.54) is 12.3 Å². The van der Waals surface area contributed by atoms with Crippen LogP contribution >= 0.6 is 0 Å². The second-order valence-corrected chi connectivity index (χ2v) is 10.9. The van der Waals surface area contributed by atoms with Crippen molar-refractivity contribution >= 4 is 28.5 Å². The Labute approximate surface area is 241 Å². The third-order valence-electron chi connectivity index (χ3n) is 7.37. The fraction of sp³-hybridized carbons (Fsp3) is 0.367. The minimum absolute atomic E-state index is 0.0343. The SMILES string of the molecule is CC(C)c1cc(C#N)cc2nc(-c3ccc(NC(=O)CN4CC(C)N(c5ccc(C(F)(F)F)cn5)CC4C)cn3)oc12. The molecule has 4 heterocycles. The van der Waals surface area contributed by atoms with Crippen LogP contribution in [0.2, 0.25) is 0 Å². The van der Waals surface area contributed by atoms with E-state index in [1.807, 2.05) is 37.5 Å². The van der Waals surface area contributed by atoms with Crippen molar-refractivity contribution in [2.24, 2.45) is 0 Å². The molecule has 5 rings (SSSR count). The van der Waals surface area contributed by atoms with Gasteiger partial charge in [-0.15, -0.1) is 0 Å². The summed E-state index contributed by atoms with van der Waals surface area (Å²) in [5.74, 6) is 0.727. The fourth-order valence-electron chi connectivity index (χ4n) is 5.10. The van der Waals surface area contributed by atoms with Crippen molar-refractivity contribution in [3.63, 3.8) is 0 Å². The summed E-state index contributed by atoms with van der Waals surface area (Å²) in [6.45, 7) is 9.16. The number of piperazine rings is 1. The van der Waals surface area contributed by atoms with E-state index in [2.05, 4.69) is 26.3 Å². The number of aromatic nitrogens is 3. The second-order valence-electron chi connectivity index (χ2n) is 10.9. The van der Waals surface area contributed by atoms with Crippen LogP contribution in [0.25, 0.3) is 22.7 Å². The third kappa shape index (κ3) is 6.06. The summed E-state index contributed by atoms with van der Waals surface area (Å²) in [6, 6.07) is 11.4. The molecule has 0 spiro atoms. The topological polar surface area (TPSA) is 111 Å². The molecule has 12 heteroatoms. The lowest BCUT2D eigenvalue weighted by Crippen LogP contribution is -2.58. The Hall–Kier alpha value is -4.50. The molecule has 0 radical (unpaired) electrons. The standard InChI is InChI=1S/C30H30F3N7O2/c1-17(2)23-9-20(11-34)10-25-28(23)42-29(38-25)24-7-6-22(13-35-24)37-27(41)16-39-14-19(4)40(15-18(39)3)26-8-5-21(12-36-26)30(31,32)33/h5-10,12-13,17-19H,14-16H2,1-4H3,(H,37,41). The van der Waals surface area contributed by atoms with Gasteiger partial charge in [0, 0.05) is 36.9 Å². The van der Waals surface area contributed by atoms with E-state index >= 15 is 0 Å². The quantitative estimate of drug-likeness (QED) is 0.305. The lowest BCUT2D eigenvalue weighted by Gasteiger charge is -2.44. The lowest BCUT2D eigenvalue weighted by atomic mass is 10.00. The van der Waals surface area contributed by atoms with E-state index in [9.17, 15) is 23.2 Å². The Morgan fingerprint density at radius 3 is 2.52 bits per heavy atom. The molecule has 0 bridgehead atoms. The fourth-order valence-corrected chi connectivity index (χ4v) is 5.10. The Morgan fingerprint density at radius 1 is 1.12 bits per heavy atom. The molecule has 0 saturated carbocycles. The molecule has 9 nitrogen and oxygen atoms in total. The van der Waals surface area contributed by atoms with Crippen LogP contribution in [0.15, 0.2) is 53.2 Å². The summed E-state index contributed by atoms with van der Waals surface area (Å²) in [4.78, 5) is 29.8. The number of hydrogen-bond acceptors (Lipinski definition) is 8. The molecule has 2 unspecified atom stereocenters. The summed E-state index contributed by atoms with van der Waals surface area (Å²) in [5, 5.41) is 12.2. The van der Waals surface area contributed by atoms with Crippen LogP contribution in [0.5, 0.6) is 0 Å². The predicted molar refractivity (Wildman–Crippen MR) is 152 cm³/mol. The number of oxazole rings is 1. The van der Waals surface area contributed by atoms with Crippen molar-refractivity contribution in [1.82, 2.24) is 19.9 Å². The molecular formula is C30H30F3N7O2. The van der Waals surface area contributed by atoms with Gasteiger partial charge in [0.2, 0.25) is 11.8 Å². The Morgan fingerprint density at radius 2 is 1.90 bits per heavy atom. The predicted octanol–water partition coefficient (Wildman–Crippen LogP) is 5.84. The molecule has 1 amide bonds. The lowest BCUT2D eigenvalue weighted by molar-refractivity contribution is -0.137. The highest BCUT2D eigenvalue weighted by Crippen LogP contribution is 2.32. The smallest absolute Gasteiger partial charge is 0.417 e. The highest BCUT2D eigenvalue weighted by Gasteiger charge is 2.33. The number of halogens is 3.